The summed E-state index contributed by atoms with van der Waals surface area (Å²) in [7, 11) is 0. The maximum atomic E-state index is 12.7. The summed E-state index contributed by atoms with van der Waals surface area (Å²) in [6.07, 6.45) is 5.90. The monoisotopic (exact) mass is 334 g/mol. The first-order valence-corrected chi connectivity index (χ1v) is 8.39. The Balaban J connectivity index is 1.79. The van der Waals surface area contributed by atoms with Crippen LogP contribution >= 0.6 is 0 Å². The van der Waals surface area contributed by atoms with Crippen molar-refractivity contribution in [1.29, 1.82) is 0 Å². The van der Waals surface area contributed by atoms with Gasteiger partial charge in [0, 0.05) is 18.6 Å². The van der Waals surface area contributed by atoms with Gasteiger partial charge in [0.25, 0.3) is 0 Å². The van der Waals surface area contributed by atoms with Gasteiger partial charge in [0.15, 0.2) is 0 Å². The van der Waals surface area contributed by atoms with E-state index in [0.29, 0.717) is 6.42 Å². The summed E-state index contributed by atoms with van der Waals surface area (Å²) in [6, 6.07) is 15.4. The molecule has 3 rings (SSSR count). The highest BCUT2D eigenvalue weighted by molar-refractivity contribution is 5.80. The second-order valence-electron chi connectivity index (χ2n) is 6.17. The zero-order valence-electron chi connectivity index (χ0n) is 14.5. The highest BCUT2D eigenvalue weighted by Gasteiger charge is 2.21. The number of aryl methyl sites for hydroxylation is 1. The molecule has 0 bridgehead atoms. The van der Waals surface area contributed by atoms with Crippen molar-refractivity contribution in [3.05, 3.63) is 83.9 Å². The van der Waals surface area contributed by atoms with Crippen LogP contribution in [0.5, 0.6) is 0 Å². The van der Waals surface area contributed by atoms with Crippen LogP contribution in [0.15, 0.2) is 67.1 Å². The number of aromatic nitrogens is 3. The number of amides is 1. The Morgan fingerprint density at radius 2 is 1.92 bits per heavy atom. The highest BCUT2D eigenvalue weighted by Crippen LogP contribution is 2.18. The molecule has 0 spiro atoms. The molecule has 1 aromatic carbocycles. The lowest BCUT2D eigenvalue weighted by atomic mass is 10.0. The van der Waals surface area contributed by atoms with Crippen LogP contribution in [-0.2, 0) is 11.2 Å². The third kappa shape index (κ3) is 4.32. The lowest BCUT2D eigenvalue weighted by molar-refractivity contribution is -0.124. The molecule has 0 aliphatic rings. The number of rotatable bonds is 6. The molecule has 0 aliphatic carbocycles. The number of carbonyl (C=O) groups is 1. The van der Waals surface area contributed by atoms with Gasteiger partial charge in [-0.2, -0.15) is 5.10 Å². The molecule has 2 atom stereocenters. The summed E-state index contributed by atoms with van der Waals surface area (Å²) in [5, 5.41) is 7.27. The van der Waals surface area contributed by atoms with Gasteiger partial charge in [-0.3, -0.25) is 14.5 Å². The van der Waals surface area contributed by atoms with Crippen LogP contribution in [0.3, 0.4) is 0 Å². The Labute approximate surface area is 147 Å². The van der Waals surface area contributed by atoms with E-state index in [1.54, 1.807) is 23.3 Å². The molecular weight excluding hydrogens is 312 g/mol. The van der Waals surface area contributed by atoms with Gasteiger partial charge in [0.05, 0.1) is 11.7 Å². The average Bonchev–Trinajstić information content (AvgIpc) is 3.17. The SMILES string of the molecule is Cc1ccc(C[C@H](NC(=O)[C@H](C)n2cccn2)c2ccccn2)cc1. The molecule has 128 valence electrons. The van der Waals surface area contributed by atoms with Crippen LogP contribution in [-0.4, -0.2) is 20.7 Å². The van der Waals surface area contributed by atoms with E-state index in [1.165, 1.54) is 5.56 Å². The van der Waals surface area contributed by atoms with Gasteiger partial charge in [0.1, 0.15) is 6.04 Å². The van der Waals surface area contributed by atoms with Crippen molar-refractivity contribution in [2.45, 2.75) is 32.4 Å². The molecule has 0 fully saturated rings. The minimum Gasteiger partial charge on any atom is -0.346 e. The molecule has 5 nitrogen and oxygen atoms in total. The number of carbonyl (C=O) groups excluding carboxylic acids is 1. The predicted octanol–water partition coefficient (Wildman–Crippen LogP) is 3.25. The van der Waals surface area contributed by atoms with E-state index in [4.69, 9.17) is 0 Å². The van der Waals surface area contributed by atoms with E-state index in [9.17, 15) is 4.79 Å². The number of hydrogen-bond donors (Lipinski definition) is 1. The Bertz CT molecular complexity index is 797. The summed E-state index contributed by atoms with van der Waals surface area (Å²) in [6.45, 7) is 3.90. The van der Waals surface area contributed by atoms with Gasteiger partial charge >= 0.3 is 0 Å². The van der Waals surface area contributed by atoms with E-state index in [2.05, 4.69) is 46.6 Å². The maximum Gasteiger partial charge on any atom is 0.245 e. The van der Waals surface area contributed by atoms with E-state index in [0.717, 1.165) is 11.3 Å². The predicted molar refractivity (Wildman–Crippen MR) is 96.9 cm³/mol. The third-order valence-corrected chi connectivity index (χ3v) is 4.22. The maximum absolute atomic E-state index is 12.7. The second kappa shape index (κ2) is 7.75. The van der Waals surface area contributed by atoms with Gasteiger partial charge in [-0.15, -0.1) is 0 Å². The molecule has 0 saturated heterocycles. The van der Waals surface area contributed by atoms with Crippen molar-refractivity contribution in [2.24, 2.45) is 0 Å². The fraction of sp³-hybridized carbons (Fsp3) is 0.250. The molecule has 0 saturated carbocycles. The molecule has 0 radical (unpaired) electrons. The lowest BCUT2D eigenvalue weighted by Crippen LogP contribution is -2.35. The molecule has 5 heteroatoms. The van der Waals surface area contributed by atoms with Crippen LogP contribution < -0.4 is 5.32 Å². The van der Waals surface area contributed by atoms with E-state index >= 15 is 0 Å². The van der Waals surface area contributed by atoms with Crippen LogP contribution in [0.25, 0.3) is 0 Å². The standard InChI is InChI=1S/C20H22N4O/c1-15-7-9-17(10-8-15)14-19(18-6-3-4-11-21-18)23-20(25)16(2)24-13-5-12-22-24/h3-13,16,19H,14H2,1-2H3,(H,23,25)/t16-,19-/m0/s1. The number of benzene rings is 1. The summed E-state index contributed by atoms with van der Waals surface area (Å²) in [5.41, 5.74) is 3.23. The first-order valence-electron chi connectivity index (χ1n) is 8.39. The largest absolute Gasteiger partial charge is 0.346 e. The smallest absolute Gasteiger partial charge is 0.245 e. The molecule has 2 aromatic heterocycles. The molecule has 2 heterocycles. The van der Waals surface area contributed by atoms with Gasteiger partial charge < -0.3 is 5.32 Å². The Kier molecular flexibility index (Phi) is 5.23. The quantitative estimate of drug-likeness (QED) is 0.753. The van der Waals surface area contributed by atoms with Crippen molar-refractivity contribution in [3.8, 4) is 0 Å². The number of nitrogens with one attached hydrogen (secondary N) is 1. The zero-order chi connectivity index (χ0) is 17.6. The topological polar surface area (TPSA) is 59.8 Å². The summed E-state index contributed by atoms with van der Waals surface area (Å²) < 4.78 is 1.65. The fourth-order valence-corrected chi connectivity index (χ4v) is 2.69. The molecule has 1 N–H and O–H groups in total. The minimum atomic E-state index is -0.376. The minimum absolute atomic E-state index is 0.0773. The Morgan fingerprint density at radius 1 is 1.12 bits per heavy atom. The molecule has 1 amide bonds. The van der Waals surface area contributed by atoms with Crippen molar-refractivity contribution in [2.75, 3.05) is 0 Å². The van der Waals surface area contributed by atoms with Crippen LogP contribution in [0, 0.1) is 6.92 Å². The molecular formula is C20H22N4O. The second-order valence-corrected chi connectivity index (χ2v) is 6.17. The Hall–Kier alpha value is -2.95. The molecule has 0 unspecified atom stereocenters. The molecule has 0 aliphatic heterocycles. The van der Waals surface area contributed by atoms with E-state index in [1.807, 2.05) is 31.2 Å². The van der Waals surface area contributed by atoms with Gasteiger partial charge in [-0.25, -0.2) is 0 Å². The molecule has 3 aromatic rings. The average molecular weight is 334 g/mol. The zero-order valence-corrected chi connectivity index (χ0v) is 14.5. The summed E-state index contributed by atoms with van der Waals surface area (Å²) in [5.74, 6) is -0.0773. The number of hydrogen-bond acceptors (Lipinski definition) is 3. The van der Waals surface area contributed by atoms with Crippen molar-refractivity contribution in [3.63, 3.8) is 0 Å². The van der Waals surface area contributed by atoms with Crippen LogP contribution in [0.2, 0.25) is 0 Å². The van der Waals surface area contributed by atoms with Crippen molar-refractivity contribution >= 4 is 5.91 Å². The number of pyridine rings is 1. The highest BCUT2D eigenvalue weighted by atomic mass is 16.2. The van der Waals surface area contributed by atoms with Crippen LogP contribution in [0.1, 0.15) is 35.8 Å². The van der Waals surface area contributed by atoms with Gasteiger partial charge in [-0.05, 0) is 44.0 Å². The fourth-order valence-electron chi connectivity index (χ4n) is 2.69. The first kappa shape index (κ1) is 16.9. The summed E-state index contributed by atoms with van der Waals surface area (Å²) in [4.78, 5) is 17.1. The van der Waals surface area contributed by atoms with E-state index in [-0.39, 0.29) is 18.0 Å². The number of nitrogens with zero attached hydrogens (tertiary/aromatic N) is 3. The third-order valence-electron chi connectivity index (χ3n) is 4.22. The van der Waals surface area contributed by atoms with Crippen molar-refractivity contribution in [1.82, 2.24) is 20.1 Å². The first-order chi connectivity index (χ1) is 12.1. The van der Waals surface area contributed by atoms with Gasteiger partial charge in [0.2, 0.25) is 5.91 Å². The van der Waals surface area contributed by atoms with E-state index < -0.39 is 0 Å². The summed E-state index contributed by atoms with van der Waals surface area (Å²) >= 11 is 0. The normalized spacial score (nSPS) is 13.2. The lowest BCUT2D eigenvalue weighted by Gasteiger charge is -2.21. The van der Waals surface area contributed by atoms with Crippen LogP contribution in [0.4, 0.5) is 0 Å². The molecule has 25 heavy (non-hydrogen) atoms. The van der Waals surface area contributed by atoms with Gasteiger partial charge in [-0.1, -0.05) is 35.9 Å². The Morgan fingerprint density at radius 3 is 2.56 bits per heavy atom. The van der Waals surface area contributed by atoms with Crippen molar-refractivity contribution < 1.29 is 4.79 Å².